The van der Waals surface area contributed by atoms with Crippen molar-refractivity contribution in [1.29, 1.82) is 0 Å². The summed E-state index contributed by atoms with van der Waals surface area (Å²) in [6.45, 7) is -0.367. The maximum Gasteiger partial charge on any atom is 0.215 e. The maximum absolute atomic E-state index is 9.17. The molecule has 0 unspecified atom stereocenters. The standard InChI is InChI=1S/C29H32N3/c1-19-13-14-25-29(30-27-17-22-11-7-8-12-24(22)32(25)27)28(19)26-16-23(20(2)18-31(26)3)15-21-9-5-4-6-10-21/h7-8,11-14,16,18,21H,4-6,9-10,15,17H2,1-3H3/q+1/i2D3,15D2. The van der Waals surface area contributed by atoms with E-state index in [9.17, 15) is 2.74 Å². The van der Waals surface area contributed by atoms with E-state index in [-0.39, 0.29) is 11.5 Å². The van der Waals surface area contributed by atoms with Crippen molar-refractivity contribution >= 4 is 11.0 Å². The Balaban J connectivity index is 1.59. The molecule has 1 aliphatic heterocycles. The van der Waals surface area contributed by atoms with Gasteiger partial charge in [0.05, 0.1) is 16.8 Å². The number of para-hydroxylation sites is 1. The summed E-state index contributed by atoms with van der Waals surface area (Å²) in [5.41, 5.74) is 7.41. The number of imidazole rings is 1. The lowest BCUT2D eigenvalue weighted by molar-refractivity contribution is -0.660. The van der Waals surface area contributed by atoms with Gasteiger partial charge in [0, 0.05) is 24.9 Å². The van der Waals surface area contributed by atoms with Crippen molar-refractivity contribution in [2.45, 2.75) is 58.7 Å². The SMILES string of the molecule is [2H]C([2H])([2H])c1c[n+](C)c(-c2c(C)ccc3c2nc2n3-c3ccccc3C2)cc1C([2H])([2H])C1CCCCC1. The first-order chi connectivity index (χ1) is 17.6. The molecule has 162 valence electrons. The van der Waals surface area contributed by atoms with Crippen LogP contribution < -0.4 is 4.57 Å². The number of benzene rings is 2. The number of nitrogens with zero attached hydrogens (tertiary/aromatic N) is 3. The van der Waals surface area contributed by atoms with Crippen LogP contribution in [0.25, 0.3) is 28.0 Å². The van der Waals surface area contributed by atoms with Crippen LogP contribution in [-0.2, 0) is 19.8 Å². The zero-order chi connectivity index (χ0) is 26.1. The molecule has 0 saturated heterocycles. The Morgan fingerprint density at radius 2 is 1.97 bits per heavy atom. The number of pyridine rings is 1. The first kappa shape index (κ1) is 15.0. The molecule has 1 saturated carbocycles. The van der Waals surface area contributed by atoms with Crippen molar-refractivity contribution in [1.82, 2.24) is 9.55 Å². The van der Waals surface area contributed by atoms with Crippen molar-refractivity contribution in [3.63, 3.8) is 0 Å². The average molecular weight is 428 g/mol. The summed E-state index contributed by atoms with van der Waals surface area (Å²) in [6, 6.07) is 14.3. The van der Waals surface area contributed by atoms with E-state index in [2.05, 4.69) is 34.9 Å². The van der Waals surface area contributed by atoms with Crippen LogP contribution in [0.5, 0.6) is 0 Å². The molecule has 4 aromatic rings. The van der Waals surface area contributed by atoms with Crippen LogP contribution in [0.1, 0.15) is 67.0 Å². The molecule has 6 rings (SSSR count). The predicted molar refractivity (Wildman–Crippen MR) is 130 cm³/mol. The molecular formula is C29H32N3+. The first-order valence-corrected chi connectivity index (χ1v) is 11.7. The zero-order valence-electron chi connectivity index (χ0n) is 23.8. The summed E-state index contributed by atoms with van der Waals surface area (Å²) in [5.74, 6) is 0.801. The van der Waals surface area contributed by atoms with Crippen molar-refractivity contribution < 1.29 is 11.4 Å². The van der Waals surface area contributed by atoms with Gasteiger partial charge in [-0.3, -0.25) is 4.57 Å². The van der Waals surface area contributed by atoms with E-state index in [1.807, 2.05) is 24.6 Å². The third-order valence-electron chi connectivity index (χ3n) is 7.18. The quantitative estimate of drug-likeness (QED) is 0.316. The molecule has 2 aromatic carbocycles. The number of aromatic nitrogens is 3. The second-order valence-electron chi connectivity index (χ2n) is 9.37. The maximum atomic E-state index is 9.17. The zero-order valence-corrected chi connectivity index (χ0v) is 18.8. The lowest BCUT2D eigenvalue weighted by atomic mass is 9.84. The van der Waals surface area contributed by atoms with Gasteiger partial charge in [0.1, 0.15) is 18.4 Å². The van der Waals surface area contributed by atoms with E-state index in [0.717, 1.165) is 77.9 Å². The number of hydrogen-bond donors (Lipinski definition) is 0. The van der Waals surface area contributed by atoms with E-state index in [1.54, 1.807) is 12.3 Å². The van der Waals surface area contributed by atoms with E-state index < -0.39 is 13.2 Å². The second kappa shape index (κ2) is 7.58. The molecule has 0 radical (unpaired) electrons. The van der Waals surface area contributed by atoms with Crippen molar-refractivity contribution in [2.24, 2.45) is 13.0 Å². The average Bonchev–Trinajstić information content (AvgIpc) is 3.40. The largest absolute Gasteiger partial charge is 0.296 e. The smallest absolute Gasteiger partial charge is 0.215 e. The fourth-order valence-electron chi connectivity index (χ4n) is 5.54. The molecule has 1 aliphatic carbocycles. The minimum absolute atomic E-state index is 0.0976. The molecule has 3 nitrogen and oxygen atoms in total. The monoisotopic (exact) mass is 427 g/mol. The normalized spacial score (nSPS) is 19.0. The van der Waals surface area contributed by atoms with Crippen LogP contribution >= 0.6 is 0 Å². The Labute approximate surface area is 197 Å². The molecule has 0 N–H and O–H groups in total. The molecule has 0 bridgehead atoms. The molecule has 2 aromatic heterocycles. The fraction of sp³-hybridized carbons (Fsp3) is 0.379. The fourth-order valence-corrected chi connectivity index (χ4v) is 5.54. The second-order valence-corrected chi connectivity index (χ2v) is 9.37. The summed E-state index contributed by atoms with van der Waals surface area (Å²) < 4.78 is 47.1. The molecule has 0 amide bonds. The van der Waals surface area contributed by atoms with E-state index >= 15 is 0 Å². The van der Waals surface area contributed by atoms with Gasteiger partial charge in [0.15, 0.2) is 6.20 Å². The molecule has 0 atom stereocenters. The van der Waals surface area contributed by atoms with Crippen molar-refractivity contribution in [2.75, 3.05) is 0 Å². The number of hydrogen-bond acceptors (Lipinski definition) is 1. The number of fused-ring (bicyclic) bond motifs is 5. The molecular weight excluding hydrogens is 390 g/mol. The van der Waals surface area contributed by atoms with Crippen LogP contribution in [-0.4, -0.2) is 9.55 Å². The molecule has 32 heavy (non-hydrogen) atoms. The van der Waals surface area contributed by atoms with Crippen LogP contribution in [0.3, 0.4) is 0 Å². The van der Waals surface area contributed by atoms with Gasteiger partial charge in [-0.15, -0.1) is 0 Å². The minimum atomic E-state index is -2.41. The van der Waals surface area contributed by atoms with Gasteiger partial charge >= 0.3 is 0 Å². The summed E-state index contributed by atoms with van der Waals surface area (Å²) in [4.78, 5) is 5.08. The van der Waals surface area contributed by atoms with Gasteiger partial charge < -0.3 is 0 Å². The molecule has 2 aliphatic rings. The Morgan fingerprint density at radius 3 is 2.81 bits per heavy atom. The van der Waals surface area contributed by atoms with E-state index in [0.29, 0.717) is 5.56 Å². The Morgan fingerprint density at radius 1 is 1.12 bits per heavy atom. The van der Waals surface area contributed by atoms with Crippen molar-refractivity contribution in [3.8, 4) is 16.9 Å². The van der Waals surface area contributed by atoms with Gasteiger partial charge in [0.25, 0.3) is 0 Å². The Hall–Kier alpha value is -2.94. The molecule has 3 heterocycles. The van der Waals surface area contributed by atoms with Crippen LogP contribution in [0.4, 0.5) is 0 Å². The Kier molecular flexibility index (Phi) is 3.55. The van der Waals surface area contributed by atoms with E-state index in [4.69, 9.17) is 9.10 Å². The summed E-state index contributed by atoms with van der Waals surface area (Å²) in [7, 11) is 1.85. The highest BCUT2D eigenvalue weighted by Crippen LogP contribution is 2.37. The predicted octanol–water partition coefficient (Wildman–Crippen LogP) is 6.16. The summed E-state index contributed by atoms with van der Waals surface area (Å²) >= 11 is 0. The van der Waals surface area contributed by atoms with Gasteiger partial charge in [0.2, 0.25) is 5.69 Å². The van der Waals surface area contributed by atoms with Gasteiger partial charge in [-0.05, 0) is 54.9 Å². The van der Waals surface area contributed by atoms with E-state index in [1.165, 1.54) is 5.56 Å². The lowest BCUT2D eigenvalue weighted by Gasteiger charge is -2.22. The lowest BCUT2D eigenvalue weighted by Crippen LogP contribution is -2.32. The highest BCUT2D eigenvalue weighted by atomic mass is 15.1. The molecule has 1 fully saturated rings. The number of rotatable bonds is 3. The minimum Gasteiger partial charge on any atom is -0.296 e. The summed E-state index contributed by atoms with van der Waals surface area (Å²) in [6.07, 6.45) is 5.31. The first-order valence-electron chi connectivity index (χ1n) is 14.2. The van der Waals surface area contributed by atoms with Gasteiger partial charge in [-0.25, -0.2) is 9.55 Å². The topological polar surface area (TPSA) is 21.7 Å². The van der Waals surface area contributed by atoms with Crippen LogP contribution in [0, 0.1) is 19.7 Å². The third-order valence-corrected chi connectivity index (χ3v) is 7.18. The van der Waals surface area contributed by atoms with Crippen LogP contribution in [0.15, 0.2) is 48.7 Å². The highest BCUT2D eigenvalue weighted by molar-refractivity contribution is 5.94. The highest BCUT2D eigenvalue weighted by Gasteiger charge is 2.27. The van der Waals surface area contributed by atoms with Gasteiger partial charge in [-0.2, -0.15) is 0 Å². The summed E-state index contributed by atoms with van der Waals surface area (Å²) in [5, 5.41) is 0. The third kappa shape index (κ3) is 3.09. The van der Waals surface area contributed by atoms with Crippen molar-refractivity contribution in [3.05, 3.63) is 76.7 Å². The molecule has 3 heteroatoms. The van der Waals surface area contributed by atoms with Gasteiger partial charge in [-0.1, -0.05) is 56.4 Å². The molecule has 0 spiro atoms. The van der Waals surface area contributed by atoms with Crippen LogP contribution in [0.2, 0.25) is 0 Å². The Bertz CT molecular complexity index is 1530. The number of aryl methyl sites for hydroxylation is 3.